The largest absolute Gasteiger partial charge is 0.352 e. The smallest absolute Gasteiger partial charge is 0.243 e. The summed E-state index contributed by atoms with van der Waals surface area (Å²) in [6.45, 7) is 1.93. The van der Waals surface area contributed by atoms with Crippen molar-refractivity contribution in [3.63, 3.8) is 0 Å². The predicted octanol–water partition coefficient (Wildman–Crippen LogP) is 2.66. The number of carbonyl (C=O) groups excluding carboxylic acids is 1. The first-order chi connectivity index (χ1) is 9.25. The summed E-state index contributed by atoms with van der Waals surface area (Å²) in [5.74, 6) is 0.0926. The third-order valence-corrected chi connectivity index (χ3v) is 3.98. The Balaban J connectivity index is 1.78. The standard InChI is InChI=1S/C15H19N3O/c1-11(15(19)17-12-6-2-3-7-12)18-10-16-13-8-4-5-9-14(13)18/h4-5,8-12H,2-3,6-7H2,1H3,(H,17,19)/t11-/m1/s1. The van der Waals surface area contributed by atoms with E-state index < -0.39 is 0 Å². The molecule has 1 fully saturated rings. The number of carbonyl (C=O) groups is 1. The van der Waals surface area contributed by atoms with Crippen molar-refractivity contribution < 1.29 is 4.79 Å². The van der Waals surface area contributed by atoms with E-state index in [0.29, 0.717) is 6.04 Å². The fraction of sp³-hybridized carbons (Fsp3) is 0.467. The molecule has 4 heteroatoms. The van der Waals surface area contributed by atoms with Crippen LogP contribution < -0.4 is 5.32 Å². The van der Waals surface area contributed by atoms with Gasteiger partial charge in [-0.15, -0.1) is 0 Å². The predicted molar refractivity (Wildman–Crippen MR) is 74.8 cm³/mol. The number of hydrogen-bond acceptors (Lipinski definition) is 2. The van der Waals surface area contributed by atoms with Crippen LogP contribution in [-0.4, -0.2) is 21.5 Å². The molecule has 19 heavy (non-hydrogen) atoms. The molecule has 4 nitrogen and oxygen atoms in total. The average Bonchev–Trinajstić information content (AvgIpc) is 3.06. The maximum Gasteiger partial charge on any atom is 0.243 e. The second-order valence-corrected chi connectivity index (χ2v) is 5.31. The van der Waals surface area contributed by atoms with Gasteiger partial charge in [-0.2, -0.15) is 0 Å². The number of aromatic nitrogens is 2. The summed E-state index contributed by atoms with van der Waals surface area (Å²) in [5.41, 5.74) is 1.94. The van der Waals surface area contributed by atoms with Gasteiger partial charge >= 0.3 is 0 Å². The van der Waals surface area contributed by atoms with Crippen LogP contribution in [0.3, 0.4) is 0 Å². The summed E-state index contributed by atoms with van der Waals surface area (Å²) in [5, 5.41) is 3.14. The first-order valence-electron chi connectivity index (χ1n) is 6.97. The maximum absolute atomic E-state index is 12.3. The summed E-state index contributed by atoms with van der Waals surface area (Å²) in [6.07, 6.45) is 6.44. The molecule has 0 unspecified atom stereocenters. The molecule has 3 rings (SSSR count). The number of amides is 1. The van der Waals surface area contributed by atoms with Gasteiger partial charge in [0.15, 0.2) is 0 Å². The van der Waals surface area contributed by atoms with Gasteiger partial charge in [0.2, 0.25) is 5.91 Å². The van der Waals surface area contributed by atoms with Gasteiger partial charge in [0.1, 0.15) is 6.04 Å². The topological polar surface area (TPSA) is 46.9 Å². The van der Waals surface area contributed by atoms with E-state index in [-0.39, 0.29) is 11.9 Å². The van der Waals surface area contributed by atoms with Crippen molar-refractivity contribution in [1.82, 2.24) is 14.9 Å². The lowest BCUT2D eigenvalue weighted by molar-refractivity contribution is -0.124. The number of rotatable bonds is 3. The molecule has 0 radical (unpaired) electrons. The summed E-state index contributed by atoms with van der Waals surface area (Å²) < 4.78 is 1.94. The molecule has 1 aliphatic rings. The number of imidazole rings is 1. The quantitative estimate of drug-likeness (QED) is 0.919. The number of nitrogens with zero attached hydrogens (tertiary/aromatic N) is 2. The van der Waals surface area contributed by atoms with E-state index in [1.54, 1.807) is 6.33 Å². The number of hydrogen-bond donors (Lipinski definition) is 1. The van der Waals surface area contributed by atoms with E-state index in [9.17, 15) is 4.79 Å². The zero-order chi connectivity index (χ0) is 13.2. The fourth-order valence-electron chi connectivity index (χ4n) is 2.81. The number of benzene rings is 1. The summed E-state index contributed by atoms with van der Waals surface area (Å²) in [4.78, 5) is 16.6. The molecule has 0 saturated heterocycles. The highest BCUT2D eigenvalue weighted by molar-refractivity contribution is 5.83. The molecule has 1 saturated carbocycles. The molecule has 0 bridgehead atoms. The van der Waals surface area contributed by atoms with Crippen LogP contribution in [-0.2, 0) is 4.79 Å². The second-order valence-electron chi connectivity index (χ2n) is 5.31. The molecule has 1 N–H and O–H groups in total. The van der Waals surface area contributed by atoms with Crippen LogP contribution in [0.25, 0.3) is 11.0 Å². The molecular weight excluding hydrogens is 238 g/mol. The summed E-state index contributed by atoms with van der Waals surface area (Å²) >= 11 is 0. The molecule has 1 atom stereocenters. The Morgan fingerprint density at radius 3 is 2.89 bits per heavy atom. The molecule has 0 spiro atoms. The first-order valence-corrected chi connectivity index (χ1v) is 6.97. The van der Waals surface area contributed by atoms with Gasteiger partial charge in [0.05, 0.1) is 17.4 Å². The number of nitrogens with one attached hydrogen (secondary N) is 1. The van der Waals surface area contributed by atoms with Gasteiger partial charge in [0, 0.05) is 6.04 Å². The first kappa shape index (κ1) is 12.2. The maximum atomic E-state index is 12.3. The van der Waals surface area contributed by atoms with E-state index in [1.165, 1.54) is 12.8 Å². The summed E-state index contributed by atoms with van der Waals surface area (Å²) in [7, 11) is 0. The Bertz CT molecular complexity index is 584. The van der Waals surface area contributed by atoms with Crippen LogP contribution >= 0.6 is 0 Å². The third kappa shape index (κ3) is 2.35. The molecule has 1 heterocycles. The number of para-hydroxylation sites is 2. The fourth-order valence-corrected chi connectivity index (χ4v) is 2.81. The van der Waals surface area contributed by atoms with Crippen molar-refractivity contribution in [3.8, 4) is 0 Å². The van der Waals surface area contributed by atoms with E-state index in [2.05, 4.69) is 10.3 Å². The Hall–Kier alpha value is -1.84. The van der Waals surface area contributed by atoms with E-state index in [1.807, 2.05) is 35.8 Å². The highest BCUT2D eigenvalue weighted by atomic mass is 16.2. The van der Waals surface area contributed by atoms with Gasteiger partial charge < -0.3 is 9.88 Å². The van der Waals surface area contributed by atoms with Gasteiger partial charge in [-0.05, 0) is 31.9 Å². The van der Waals surface area contributed by atoms with Crippen molar-refractivity contribution in [3.05, 3.63) is 30.6 Å². The molecule has 1 aromatic carbocycles. The van der Waals surface area contributed by atoms with Crippen LogP contribution in [0.5, 0.6) is 0 Å². The Kier molecular flexibility index (Phi) is 3.23. The van der Waals surface area contributed by atoms with Crippen LogP contribution in [0.2, 0.25) is 0 Å². The highest BCUT2D eigenvalue weighted by Crippen LogP contribution is 2.20. The molecule has 1 amide bonds. The second kappa shape index (κ2) is 5.03. The molecular formula is C15H19N3O. The zero-order valence-electron chi connectivity index (χ0n) is 11.2. The van der Waals surface area contributed by atoms with Gasteiger partial charge in [-0.3, -0.25) is 4.79 Å². The van der Waals surface area contributed by atoms with Crippen LogP contribution in [0.1, 0.15) is 38.6 Å². The SMILES string of the molecule is C[C@H](C(=O)NC1CCCC1)n1cnc2ccccc21. The van der Waals surface area contributed by atoms with Crippen LogP contribution in [0.15, 0.2) is 30.6 Å². The lowest BCUT2D eigenvalue weighted by Gasteiger charge is -2.18. The Morgan fingerprint density at radius 1 is 1.37 bits per heavy atom. The van der Waals surface area contributed by atoms with Crippen molar-refractivity contribution in [2.75, 3.05) is 0 Å². The van der Waals surface area contributed by atoms with E-state index in [0.717, 1.165) is 23.9 Å². The molecule has 0 aliphatic heterocycles. The van der Waals surface area contributed by atoms with Gasteiger partial charge in [0.25, 0.3) is 0 Å². The molecule has 1 aliphatic carbocycles. The average molecular weight is 257 g/mol. The number of fused-ring (bicyclic) bond motifs is 1. The zero-order valence-corrected chi connectivity index (χ0v) is 11.2. The molecule has 1 aromatic heterocycles. The monoisotopic (exact) mass is 257 g/mol. The summed E-state index contributed by atoms with van der Waals surface area (Å²) in [6, 6.07) is 8.05. The minimum atomic E-state index is -0.215. The minimum Gasteiger partial charge on any atom is -0.352 e. The normalized spacial score (nSPS) is 17.7. The van der Waals surface area contributed by atoms with Crippen molar-refractivity contribution in [2.24, 2.45) is 0 Å². The van der Waals surface area contributed by atoms with Crippen molar-refractivity contribution in [2.45, 2.75) is 44.7 Å². The minimum absolute atomic E-state index is 0.0926. The van der Waals surface area contributed by atoms with E-state index >= 15 is 0 Å². The Labute approximate surface area is 112 Å². The Morgan fingerprint density at radius 2 is 2.11 bits per heavy atom. The third-order valence-electron chi connectivity index (χ3n) is 3.98. The van der Waals surface area contributed by atoms with Gasteiger partial charge in [-0.25, -0.2) is 4.98 Å². The van der Waals surface area contributed by atoms with E-state index in [4.69, 9.17) is 0 Å². The molecule has 2 aromatic rings. The molecule has 100 valence electrons. The van der Waals surface area contributed by atoms with Crippen molar-refractivity contribution in [1.29, 1.82) is 0 Å². The lowest BCUT2D eigenvalue weighted by atomic mass is 10.2. The van der Waals surface area contributed by atoms with Crippen molar-refractivity contribution >= 4 is 16.9 Å². The highest BCUT2D eigenvalue weighted by Gasteiger charge is 2.22. The van der Waals surface area contributed by atoms with Gasteiger partial charge in [-0.1, -0.05) is 25.0 Å². The van der Waals surface area contributed by atoms with Crippen LogP contribution in [0.4, 0.5) is 0 Å². The van der Waals surface area contributed by atoms with Crippen LogP contribution in [0, 0.1) is 0 Å². The lowest BCUT2D eigenvalue weighted by Crippen LogP contribution is -2.37.